The van der Waals surface area contributed by atoms with Crippen molar-refractivity contribution in [2.75, 3.05) is 20.6 Å². The van der Waals surface area contributed by atoms with E-state index < -0.39 is 34.2 Å². The molecule has 0 bridgehead atoms. The zero-order valence-electron chi connectivity index (χ0n) is 11.9. The van der Waals surface area contributed by atoms with E-state index in [2.05, 4.69) is 4.72 Å². The quantitative estimate of drug-likeness (QED) is 0.694. The molecule has 9 heteroatoms. The maximum atomic E-state index is 12.2. The summed E-state index contributed by atoms with van der Waals surface area (Å²) in [6.07, 6.45) is 1.57. The molecule has 1 aliphatic heterocycles. The molecule has 0 aromatic carbocycles. The Bertz CT molecular complexity index is 476. The molecule has 0 aromatic rings. The minimum atomic E-state index is -4.00. The predicted octanol–water partition coefficient (Wildman–Crippen LogP) is -0.763. The van der Waals surface area contributed by atoms with Crippen LogP contribution < -0.4 is 4.72 Å². The van der Waals surface area contributed by atoms with Crippen LogP contribution >= 0.6 is 0 Å². The number of aliphatic carboxylic acids is 1. The second-order valence-corrected chi connectivity index (χ2v) is 6.69. The van der Waals surface area contributed by atoms with Crippen molar-refractivity contribution in [3.05, 3.63) is 0 Å². The van der Waals surface area contributed by atoms with E-state index in [0.29, 0.717) is 12.8 Å². The van der Waals surface area contributed by atoms with Gasteiger partial charge in [0.15, 0.2) is 0 Å². The van der Waals surface area contributed by atoms with Crippen LogP contribution in [0.5, 0.6) is 0 Å². The number of amides is 1. The number of piperidine rings is 1. The Morgan fingerprint density at radius 2 is 1.95 bits per heavy atom. The molecule has 0 spiro atoms. The third kappa shape index (κ3) is 3.90. The van der Waals surface area contributed by atoms with Crippen molar-refractivity contribution >= 4 is 22.1 Å². The number of nitrogens with zero attached hydrogens (tertiary/aromatic N) is 2. The summed E-state index contributed by atoms with van der Waals surface area (Å²) in [5.41, 5.74) is 0. The number of carboxylic acids is 1. The molecule has 0 radical (unpaired) electrons. The molecule has 0 aromatic heterocycles. The Balaban J connectivity index is 2.86. The maximum absolute atomic E-state index is 12.2. The molecule has 1 saturated heterocycles. The van der Waals surface area contributed by atoms with E-state index in [1.54, 1.807) is 0 Å². The lowest BCUT2D eigenvalue weighted by molar-refractivity contribution is -0.142. The summed E-state index contributed by atoms with van der Waals surface area (Å²) in [5.74, 6) is -1.56. The van der Waals surface area contributed by atoms with E-state index >= 15 is 0 Å². The monoisotopic (exact) mass is 307 g/mol. The summed E-state index contributed by atoms with van der Waals surface area (Å²) in [6.45, 7) is 1.58. The predicted molar refractivity (Wildman–Crippen MR) is 72.2 cm³/mol. The van der Waals surface area contributed by atoms with Crippen LogP contribution in [0.4, 0.5) is 0 Å². The number of likely N-dealkylation sites (N-methyl/N-ethyl adjacent to an activating group) is 1. The molecule has 8 nitrogen and oxygen atoms in total. The average molecular weight is 307 g/mol. The van der Waals surface area contributed by atoms with Gasteiger partial charge in [0.25, 0.3) is 10.2 Å². The van der Waals surface area contributed by atoms with Gasteiger partial charge >= 0.3 is 5.97 Å². The summed E-state index contributed by atoms with van der Waals surface area (Å²) < 4.78 is 27.6. The van der Waals surface area contributed by atoms with Crippen molar-refractivity contribution < 1.29 is 23.1 Å². The van der Waals surface area contributed by atoms with Gasteiger partial charge in [-0.15, -0.1) is 0 Å². The van der Waals surface area contributed by atoms with Gasteiger partial charge in [-0.3, -0.25) is 9.59 Å². The molecule has 1 fully saturated rings. The minimum Gasteiger partial charge on any atom is -0.480 e. The van der Waals surface area contributed by atoms with Crippen molar-refractivity contribution in [2.45, 2.75) is 38.3 Å². The maximum Gasteiger partial charge on any atom is 0.322 e. The molecule has 2 unspecified atom stereocenters. The lowest BCUT2D eigenvalue weighted by Crippen LogP contribution is -2.55. The normalized spacial score (nSPS) is 22.2. The Labute approximate surface area is 118 Å². The van der Waals surface area contributed by atoms with Gasteiger partial charge in [0.05, 0.1) is 6.04 Å². The standard InChI is InChI=1S/C11H21N3O5S/c1-8(10(15)13(2)3)12-20(18,19)14-7-5-4-6-9(14)11(16)17/h8-9,12H,4-7H2,1-3H3,(H,16,17). The van der Waals surface area contributed by atoms with Crippen molar-refractivity contribution in [2.24, 2.45) is 0 Å². The molecule has 2 atom stereocenters. The fourth-order valence-electron chi connectivity index (χ4n) is 2.17. The number of rotatable bonds is 5. The third-order valence-electron chi connectivity index (χ3n) is 3.18. The molecule has 0 saturated carbocycles. The second kappa shape index (κ2) is 6.51. The van der Waals surface area contributed by atoms with Crippen LogP contribution in [0.2, 0.25) is 0 Å². The molecule has 116 valence electrons. The Kier molecular flexibility index (Phi) is 5.49. The topological polar surface area (TPSA) is 107 Å². The van der Waals surface area contributed by atoms with Crippen molar-refractivity contribution in [1.82, 2.24) is 13.9 Å². The van der Waals surface area contributed by atoms with Gasteiger partial charge in [-0.1, -0.05) is 0 Å². The van der Waals surface area contributed by atoms with Crippen molar-refractivity contribution in [3.8, 4) is 0 Å². The number of carbonyl (C=O) groups excluding carboxylic acids is 1. The molecular weight excluding hydrogens is 286 g/mol. The first-order valence-corrected chi connectivity index (χ1v) is 7.84. The first-order chi connectivity index (χ1) is 9.16. The summed E-state index contributed by atoms with van der Waals surface area (Å²) in [7, 11) is -0.956. The fourth-order valence-corrected chi connectivity index (χ4v) is 3.75. The summed E-state index contributed by atoms with van der Waals surface area (Å²) in [4.78, 5) is 24.1. The lowest BCUT2D eigenvalue weighted by Gasteiger charge is -2.32. The average Bonchev–Trinajstić information content (AvgIpc) is 2.37. The SMILES string of the molecule is CC(NS(=O)(=O)N1CCCCC1C(=O)O)C(=O)N(C)C. The van der Waals surface area contributed by atoms with E-state index in [-0.39, 0.29) is 13.0 Å². The summed E-state index contributed by atoms with van der Waals surface area (Å²) in [6, 6.07) is -2.01. The molecule has 1 amide bonds. The Morgan fingerprint density at radius 3 is 2.45 bits per heavy atom. The largest absolute Gasteiger partial charge is 0.480 e. The number of carboxylic acid groups (broad SMARTS) is 1. The Morgan fingerprint density at radius 1 is 1.35 bits per heavy atom. The van der Waals surface area contributed by atoms with Crippen LogP contribution in [0.1, 0.15) is 26.2 Å². The number of nitrogens with one attached hydrogen (secondary N) is 1. The highest BCUT2D eigenvalue weighted by atomic mass is 32.2. The first-order valence-electron chi connectivity index (χ1n) is 6.40. The van der Waals surface area contributed by atoms with Crippen molar-refractivity contribution in [1.29, 1.82) is 0 Å². The number of carbonyl (C=O) groups is 2. The summed E-state index contributed by atoms with van der Waals surface area (Å²) in [5, 5.41) is 9.09. The van der Waals surface area contributed by atoms with Gasteiger partial charge in [-0.25, -0.2) is 0 Å². The van der Waals surface area contributed by atoms with Crippen molar-refractivity contribution in [3.63, 3.8) is 0 Å². The summed E-state index contributed by atoms with van der Waals surface area (Å²) >= 11 is 0. The molecule has 1 rings (SSSR count). The van der Waals surface area contributed by atoms with Gasteiger partial charge in [-0.2, -0.15) is 17.4 Å². The van der Waals surface area contributed by atoms with E-state index in [0.717, 1.165) is 4.31 Å². The zero-order chi connectivity index (χ0) is 15.5. The lowest BCUT2D eigenvalue weighted by atomic mass is 10.1. The van der Waals surface area contributed by atoms with Crippen LogP contribution in [-0.4, -0.2) is 67.3 Å². The molecule has 1 aliphatic rings. The Hall–Kier alpha value is -1.19. The molecule has 2 N–H and O–H groups in total. The van der Waals surface area contributed by atoms with Gasteiger partial charge in [0.1, 0.15) is 6.04 Å². The van der Waals surface area contributed by atoms with E-state index in [1.807, 2.05) is 0 Å². The highest BCUT2D eigenvalue weighted by molar-refractivity contribution is 7.87. The molecule has 1 heterocycles. The van der Waals surface area contributed by atoms with Crippen LogP contribution in [0.15, 0.2) is 0 Å². The molecular formula is C11H21N3O5S. The number of hydrogen-bond acceptors (Lipinski definition) is 4. The van der Waals surface area contributed by atoms with Gasteiger partial charge in [0.2, 0.25) is 5.91 Å². The van der Waals surface area contributed by atoms with E-state index in [4.69, 9.17) is 5.11 Å². The zero-order valence-corrected chi connectivity index (χ0v) is 12.7. The molecule has 0 aliphatic carbocycles. The van der Waals surface area contributed by atoms with E-state index in [1.165, 1.54) is 25.9 Å². The van der Waals surface area contributed by atoms with Crippen LogP contribution in [-0.2, 0) is 19.8 Å². The highest BCUT2D eigenvalue weighted by Gasteiger charge is 2.38. The second-order valence-electron chi connectivity index (χ2n) is 5.04. The first kappa shape index (κ1) is 16.9. The molecule has 20 heavy (non-hydrogen) atoms. The smallest absolute Gasteiger partial charge is 0.322 e. The minimum absolute atomic E-state index is 0.148. The van der Waals surface area contributed by atoms with Crippen LogP contribution in [0, 0.1) is 0 Å². The third-order valence-corrected chi connectivity index (χ3v) is 4.89. The van der Waals surface area contributed by atoms with Crippen LogP contribution in [0.25, 0.3) is 0 Å². The van der Waals surface area contributed by atoms with E-state index in [9.17, 15) is 18.0 Å². The number of hydrogen-bond donors (Lipinski definition) is 2. The van der Waals surface area contributed by atoms with Gasteiger partial charge < -0.3 is 10.0 Å². The van der Waals surface area contributed by atoms with Gasteiger partial charge in [-0.05, 0) is 26.2 Å². The van der Waals surface area contributed by atoms with Gasteiger partial charge in [0, 0.05) is 20.6 Å². The fraction of sp³-hybridized carbons (Fsp3) is 0.818. The van der Waals surface area contributed by atoms with Crippen LogP contribution in [0.3, 0.4) is 0 Å². The highest BCUT2D eigenvalue weighted by Crippen LogP contribution is 2.20.